The summed E-state index contributed by atoms with van der Waals surface area (Å²) in [5, 5.41) is 4.68. The Labute approximate surface area is 146 Å². The van der Waals surface area contributed by atoms with Crippen LogP contribution in [0.15, 0.2) is 42.7 Å². The molecule has 0 spiro atoms. The molecule has 0 saturated carbocycles. The van der Waals surface area contributed by atoms with Crippen molar-refractivity contribution < 1.29 is 22.8 Å². The van der Waals surface area contributed by atoms with Gasteiger partial charge in [0.2, 0.25) is 11.8 Å². The minimum Gasteiger partial charge on any atom is -0.352 e. The highest BCUT2D eigenvalue weighted by molar-refractivity contribution is 6.33. The molecule has 5 nitrogen and oxygen atoms in total. The average Bonchev–Trinajstić information content (AvgIpc) is 2.55. The van der Waals surface area contributed by atoms with Crippen molar-refractivity contribution in [3.8, 4) is 0 Å². The van der Waals surface area contributed by atoms with Crippen LogP contribution in [-0.4, -0.2) is 16.8 Å². The lowest BCUT2D eigenvalue weighted by Gasteiger charge is -2.11. The molecule has 0 radical (unpaired) electrons. The summed E-state index contributed by atoms with van der Waals surface area (Å²) in [4.78, 5) is 27.4. The van der Waals surface area contributed by atoms with Gasteiger partial charge in [-0.25, -0.2) is 0 Å². The van der Waals surface area contributed by atoms with Crippen LogP contribution < -0.4 is 10.6 Å². The van der Waals surface area contributed by atoms with E-state index >= 15 is 0 Å². The third kappa shape index (κ3) is 5.75. The number of halogens is 4. The molecule has 0 bridgehead atoms. The summed E-state index contributed by atoms with van der Waals surface area (Å²) in [6.45, 7) is 0.207. The van der Waals surface area contributed by atoms with E-state index in [1.807, 2.05) is 0 Å². The van der Waals surface area contributed by atoms with Crippen LogP contribution >= 0.6 is 11.6 Å². The fraction of sp³-hybridized carbons (Fsp3) is 0.188. The minimum absolute atomic E-state index is 0.0569. The molecule has 2 rings (SSSR count). The monoisotopic (exact) mass is 371 g/mol. The highest BCUT2D eigenvalue weighted by Crippen LogP contribution is 2.33. The van der Waals surface area contributed by atoms with Gasteiger partial charge in [0.15, 0.2) is 0 Å². The molecular formula is C16H13ClF3N3O2. The second-order valence-electron chi connectivity index (χ2n) is 5.05. The Hall–Kier alpha value is -2.61. The molecule has 9 heteroatoms. The van der Waals surface area contributed by atoms with Crippen molar-refractivity contribution in [1.29, 1.82) is 0 Å². The van der Waals surface area contributed by atoms with E-state index in [0.29, 0.717) is 0 Å². The minimum atomic E-state index is -4.56. The van der Waals surface area contributed by atoms with E-state index < -0.39 is 30.0 Å². The van der Waals surface area contributed by atoms with Crippen molar-refractivity contribution in [2.45, 2.75) is 19.1 Å². The maximum absolute atomic E-state index is 12.7. The number of rotatable bonds is 5. The van der Waals surface area contributed by atoms with Crippen molar-refractivity contribution in [3.05, 3.63) is 58.9 Å². The highest BCUT2D eigenvalue weighted by atomic mass is 35.5. The standard InChI is InChI=1S/C16H13ClF3N3O2/c17-12-2-1-11(16(18,19)20)7-13(12)23-15(25)8-14(24)22-9-10-3-5-21-6-4-10/h1-7H,8-9H2,(H,22,24)(H,23,25). The molecule has 2 aromatic rings. The Morgan fingerprint density at radius 1 is 1.08 bits per heavy atom. The highest BCUT2D eigenvalue weighted by Gasteiger charge is 2.31. The van der Waals surface area contributed by atoms with E-state index in [4.69, 9.17) is 11.6 Å². The van der Waals surface area contributed by atoms with Gasteiger partial charge in [-0.3, -0.25) is 14.6 Å². The number of carbonyl (C=O) groups excluding carboxylic acids is 2. The van der Waals surface area contributed by atoms with Crippen molar-refractivity contribution in [2.24, 2.45) is 0 Å². The molecule has 132 valence electrons. The molecule has 1 aromatic carbocycles. The van der Waals surface area contributed by atoms with Gasteiger partial charge in [0, 0.05) is 18.9 Å². The molecular weight excluding hydrogens is 359 g/mol. The lowest BCUT2D eigenvalue weighted by Crippen LogP contribution is -2.27. The maximum atomic E-state index is 12.7. The number of amides is 2. The van der Waals surface area contributed by atoms with Crippen molar-refractivity contribution in [1.82, 2.24) is 10.3 Å². The summed E-state index contributed by atoms with van der Waals surface area (Å²) < 4.78 is 38.1. The number of pyridine rings is 1. The molecule has 1 aromatic heterocycles. The summed E-state index contributed by atoms with van der Waals surface area (Å²) in [6.07, 6.45) is -1.99. The Balaban J connectivity index is 1.92. The topological polar surface area (TPSA) is 71.1 Å². The van der Waals surface area contributed by atoms with Crippen LogP contribution in [-0.2, 0) is 22.3 Å². The van der Waals surface area contributed by atoms with E-state index in [1.165, 1.54) is 0 Å². The average molecular weight is 372 g/mol. The Kier molecular flexibility index (Phi) is 5.97. The largest absolute Gasteiger partial charge is 0.416 e. The number of nitrogens with zero attached hydrogens (tertiary/aromatic N) is 1. The maximum Gasteiger partial charge on any atom is 0.416 e. The van der Waals surface area contributed by atoms with Gasteiger partial charge in [0.1, 0.15) is 6.42 Å². The number of alkyl halides is 3. The van der Waals surface area contributed by atoms with Crippen LogP contribution in [0.2, 0.25) is 5.02 Å². The van der Waals surface area contributed by atoms with Gasteiger partial charge in [0.05, 0.1) is 16.3 Å². The van der Waals surface area contributed by atoms with E-state index in [1.54, 1.807) is 24.5 Å². The molecule has 0 aliphatic rings. The number of anilines is 1. The number of hydrogen-bond acceptors (Lipinski definition) is 3. The fourth-order valence-corrected chi connectivity index (χ4v) is 2.07. The fourth-order valence-electron chi connectivity index (χ4n) is 1.90. The first-order valence-corrected chi connectivity index (χ1v) is 7.45. The number of hydrogen-bond donors (Lipinski definition) is 2. The van der Waals surface area contributed by atoms with Crippen LogP contribution in [0.4, 0.5) is 18.9 Å². The first kappa shape index (κ1) is 18.7. The molecule has 2 N–H and O–H groups in total. The van der Waals surface area contributed by atoms with Crippen LogP contribution in [0.3, 0.4) is 0 Å². The predicted octanol–water partition coefficient (Wildman–Crippen LogP) is 3.40. The Morgan fingerprint density at radius 2 is 1.76 bits per heavy atom. The molecule has 1 heterocycles. The molecule has 0 aliphatic carbocycles. The number of carbonyl (C=O) groups is 2. The normalized spacial score (nSPS) is 11.0. The van der Waals surface area contributed by atoms with Crippen LogP contribution in [0.25, 0.3) is 0 Å². The molecule has 0 unspecified atom stereocenters. The third-order valence-electron chi connectivity index (χ3n) is 3.13. The quantitative estimate of drug-likeness (QED) is 0.791. The molecule has 0 fully saturated rings. The van der Waals surface area contributed by atoms with E-state index in [2.05, 4.69) is 15.6 Å². The van der Waals surface area contributed by atoms with Gasteiger partial charge >= 0.3 is 6.18 Å². The molecule has 0 aliphatic heterocycles. The third-order valence-corrected chi connectivity index (χ3v) is 3.46. The first-order valence-electron chi connectivity index (χ1n) is 7.08. The van der Waals surface area contributed by atoms with Crippen LogP contribution in [0.5, 0.6) is 0 Å². The van der Waals surface area contributed by atoms with Crippen molar-refractivity contribution >= 4 is 29.1 Å². The number of aromatic nitrogens is 1. The van der Waals surface area contributed by atoms with E-state index in [0.717, 1.165) is 23.8 Å². The van der Waals surface area contributed by atoms with Gasteiger partial charge in [0.25, 0.3) is 0 Å². The van der Waals surface area contributed by atoms with Gasteiger partial charge in [-0.15, -0.1) is 0 Å². The summed E-state index contributed by atoms with van der Waals surface area (Å²) in [5.41, 5.74) is -0.359. The Bertz CT molecular complexity index is 767. The molecule has 0 atom stereocenters. The SMILES string of the molecule is O=C(CC(=O)Nc1cc(C(F)(F)F)ccc1Cl)NCc1ccncc1. The second kappa shape index (κ2) is 7.98. The summed E-state index contributed by atoms with van der Waals surface area (Å²) >= 11 is 5.78. The summed E-state index contributed by atoms with van der Waals surface area (Å²) in [6, 6.07) is 5.95. The van der Waals surface area contributed by atoms with Crippen LogP contribution in [0, 0.1) is 0 Å². The summed E-state index contributed by atoms with van der Waals surface area (Å²) in [7, 11) is 0. The summed E-state index contributed by atoms with van der Waals surface area (Å²) in [5.74, 6) is -1.34. The number of benzene rings is 1. The lowest BCUT2D eigenvalue weighted by atomic mass is 10.2. The molecule has 25 heavy (non-hydrogen) atoms. The zero-order chi connectivity index (χ0) is 18.4. The van der Waals surface area contributed by atoms with Gasteiger partial charge < -0.3 is 10.6 Å². The molecule has 0 saturated heterocycles. The number of nitrogens with one attached hydrogen (secondary N) is 2. The lowest BCUT2D eigenvalue weighted by molar-refractivity contribution is -0.137. The van der Waals surface area contributed by atoms with Crippen LogP contribution in [0.1, 0.15) is 17.5 Å². The second-order valence-corrected chi connectivity index (χ2v) is 5.46. The zero-order valence-corrected chi connectivity index (χ0v) is 13.5. The smallest absolute Gasteiger partial charge is 0.352 e. The van der Waals surface area contributed by atoms with Gasteiger partial charge in [-0.1, -0.05) is 11.6 Å². The zero-order valence-electron chi connectivity index (χ0n) is 12.7. The molecule has 2 amide bonds. The van der Waals surface area contributed by atoms with E-state index in [-0.39, 0.29) is 17.3 Å². The van der Waals surface area contributed by atoms with Gasteiger partial charge in [-0.2, -0.15) is 13.2 Å². The predicted molar refractivity (Wildman–Crippen MR) is 85.8 cm³/mol. The van der Waals surface area contributed by atoms with Gasteiger partial charge in [-0.05, 0) is 35.9 Å². The van der Waals surface area contributed by atoms with Crippen molar-refractivity contribution in [3.63, 3.8) is 0 Å². The van der Waals surface area contributed by atoms with E-state index in [9.17, 15) is 22.8 Å². The first-order chi connectivity index (χ1) is 11.8. The Morgan fingerprint density at radius 3 is 2.40 bits per heavy atom. The van der Waals surface area contributed by atoms with Crippen molar-refractivity contribution in [2.75, 3.05) is 5.32 Å².